The Bertz CT molecular complexity index is 894. The maximum Gasteiger partial charge on any atom is 0.101 e. The highest BCUT2D eigenvalue weighted by Gasteiger charge is 2.41. The molecule has 5 nitrogen and oxygen atoms in total. The van der Waals surface area contributed by atoms with E-state index in [0.29, 0.717) is 0 Å². The standard InChI is InChI=1S/C18H18N4O/c1-11-8-20-22-7-6-14(18(23)16(11)22)17-13-5-3-2-4-12(13)15-9-19-10-21(15)17/h2-5,8-10,14,17-18,23H,6-7H2,1H3/t14-,17?,18-/m1/s1. The van der Waals surface area contributed by atoms with Gasteiger partial charge in [-0.15, -0.1) is 0 Å². The van der Waals surface area contributed by atoms with Crippen molar-refractivity contribution in [3.8, 4) is 11.3 Å². The Morgan fingerprint density at radius 1 is 1.22 bits per heavy atom. The van der Waals surface area contributed by atoms with E-state index in [4.69, 9.17) is 0 Å². The quantitative estimate of drug-likeness (QED) is 0.752. The monoisotopic (exact) mass is 306 g/mol. The predicted molar refractivity (Wildman–Crippen MR) is 85.8 cm³/mol. The molecule has 0 spiro atoms. The van der Waals surface area contributed by atoms with Gasteiger partial charge in [0.2, 0.25) is 0 Å². The van der Waals surface area contributed by atoms with Crippen molar-refractivity contribution in [2.75, 3.05) is 0 Å². The number of hydrogen-bond donors (Lipinski definition) is 1. The second-order valence-electron chi connectivity index (χ2n) is 6.55. The van der Waals surface area contributed by atoms with Crippen LogP contribution >= 0.6 is 0 Å². The van der Waals surface area contributed by atoms with Crippen LogP contribution in [0.25, 0.3) is 11.3 Å². The van der Waals surface area contributed by atoms with Gasteiger partial charge in [-0.3, -0.25) is 4.68 Å². The Morgan fingerprint density at radius 3 is 3.00 bits per heavy atom. The molecule has 23 heavy (non-hydrogen) atoms. The molecule has 4 heterocycles. The summed E-state index contributed by atoms with van der Waals surface area (Å²) in [6, 6.07) is 8.61. The summed E-state index contributed by atoms with van der Waals surface area (Å²) in [6.07, 6.45) is 6.07. The summed E-state index contributed by atoms with van der Waals surface area (Å²) in [5, 5.41) is 15.4. The largest absolute Gasteiger partial charge is 0.386 e. The zero-order valence-corrected chi connectivity index (χ0v) is 12.9. The SMILES string of the molecule is Cc1cnn2c1[C@H](O)[C@@H](C1c3ccccc3-c3cncn31)CC2. The Hall–Kier alpha value is -2.40. The average molecular weight is 306 g/mol. The number of nitrogens with zero attached hydrogens (tertiary/aromatic N) is 4. The van der Waals surface area contributed by atoms with Crippen molar-refractivity contribution >= 4 is 0 Å². The third kappa shape index (κ3) is 1.65. The number of fused-ring (bicyclic) bond motifs is 4. The zero-order valence-electron chi connectivity index (χ0n) is 12.9. The van der Waals surface area contributed by atoms with Gasteiger partial charge in [0.15, 0.2) is 0 Å². The third-order valence-corrected chi connectivity index (χ3v) is 5.36. The van der Waals surface area contributed by atoms with Crippen LogP contribution in [0.4, 0.5) is 0 Å². The van der Waals surface area contributed by atoms with E-state index in [-0.39, 0.29) is 12.0 Å². The number of benzene rings is 1. The van der Waals surface area contributed by atoms with Crippen molar-refractivity contribution in [1.82, 2.24) is 19.3 Å². The molecule has 3 aromatic rings. The smallest absolute Gasteiger partial charge is 0.101 e. The summed E-state index contributed by atoms with van der Waals surface area (Å²) in [5.41, 5.74) is 5.71. The Morgan fingerprint density at radius 2 is 2.09 bits per heavy atom. The van der Waals surface area contributed by atoms with Gasteiger partial charge in [0.25, 0.3) is 0 Å². The molecule has 0 saturated heterocycles. The molecule has 1 unspecified atom stereocenters. The van der Waals surface area contributed by atoms with Gasteiger partial charge < -0.3 is 9.67 Å². The van der Waals surface area contributed by atoms with Crippen LogP contribution < -0.4 is 0 Å². The number of hydrogen-bond acceptors (Lipinski definition) is 3. The molecule has 0 radical (unpaired) electrons. The maximum absolute atomic E-state index is 11.0. The minimum atomic E-state index is -0.502. The number of aliphatic hydroxyl groups excluding tert-OH is 1. The van der Waals surface area contributed by atoms with Crippen molar-refractivity contribution in [2.45, 2.75) is 32.0 Å². The molecule has 1 aromatic carbocycles. The van der Waals surface area contributed by atoms with Crippen LogP contribution in [0.3, 0.4) is 0 Å². The van der Waals surface area contributed by atoms with E-state index in [1.54, 1.807) is 0 Å². The highest BCUT2D eigenvalue weighted by molar-refractivity contribution is 5.69. The van der Waals surface area contributed by atoms with Crippen LogP contribution in [0.15, 0.2) is 43.0 Å². The first-order valence-electron chi connectivity index (χ1n) is 8.07. The first-order chi connectivity index (χ1) is 11.3. The molecule has 5 heteroatoms. The van der Waals surface area contributed by atoms with Crippen LogP contribution in [0, 0.1) is 12.8 Å². The lowest BCUT2D eigenvalue weighted by atomic mass is 9.82. The first-order valence-corrected chi connectivity index (χ1v) is 8.07. The third-order valence-electron chi connectivity index (χ3n) is 5.36. The lowest BCUT2D eigenvalue weighted by Crippen LogP contribution is -2.31. The van der Waals surface area contributed by atoms with E-state index in [1.165, 1.54) is 11.1 Å². The Kier molecular flexibility index (Phi) is 2.59. The van der Waals surface area contributed by atoms with Crippen molar-refractivity contribution in [3.05, 3.63) is 59.8 Å². The molecule has 5 rings (SSSR count). The molecular weight excluding hydrogens is 288 g/mol. The number of aryl methyl sites for hydroxylation is 2. The van der Waals surface area contributed by atoms with Crippen LogP contribution in [-0.4, -0.2) is 24.4 Å². The molecule has 0 saturated carbocycles. The van der Waals surface area contributed by atoms with Gasteiger partial charge in [0.05, 0.1) is 36.2 Å². The fourth-order valence-electron chi connectivity index (χ4n) is 4.32. The predicted octanol–water partition coefficient (Wildman–Crippen LogP) is 2.71. The second kappa shape index (κ2) is 4.55. The van der Waals surface area contributed by atoms with Crippen molar-refractivity contribution in [3.63, 3.8) is 0 Å². The lowest BCUT2D eigenvalue weighted by Gasteiger charge is -2.34. The molecule has 0 aliphatic carbocycles. The highest BCUT2D eigenvalue weighted by Crippen LogP contribution is 2.48. The van der Waals surface area contributed by atoms with Gasteiger partial charge in [0, 0.05) is 18.0 Å². The first kappa shape index (κ1) is 13.1. The lowest BCUT2D eigenvalue weighted by molar-refractivity contribution is 0.0520. The molecule has 3 atom stereocenters. The van der Waals surface area contributed by atoms with E-state index in [1.807, 2.05) is 30.3 Å². The van der Waals surface area contributed by atoms with Gasteiger partial charge in [-0.2, -0.15) is 5.10 Å². The van der Waals surface area contributed by atoms with Gasteiger partial charge in [-0.05, 0) is 24.5 Å². The molecule has 2 aliphatic rings. The van der Waals surface area contributed by atoms with E-state index in [9.17, 15) is 5.11 Å². The summed E-state index contributed by atoms with van der Waals surface area (Å²) >= 11 is 0. The number of imidazole rings is 1. The molecule has 0 fully saturated rings. The second-order valence-corrected chi connectivity index (χ2v) is 6.55. The van der Waals surface area contributed by atoms with E-state index in [0.717, 1.165) is 29.9 Å². The Balaban J connectivity index is 1.65. The van der Waals surface area contributed by atoms with Crippen LogP contribution in [0.1, 0.15) is 35.4 Å². The van der Waals surface area contributed by atoms with Gasteiger partial charge in [-0.1, -0.05) is 24.3 Å². The van der Waals surface area contributed by atoms with Crippen molar-refractivity contribution in [2.24, 2.45) is 5.92 Å². The summed E-state index contributed by atoms with van der Waals surface area (Å²) in [5.74, 6) is 0.134. The summed E-state index contributed by atoms with van der Waals surface area (Å²) in [6.45, 7) is 2.88. The van der Waals surface area contributed by atoms with Crippen molar-refractivity contribution < 1.29 is 5.11 Å². The average Bonchev–Trinajstić information content (AvgIpc) is 3.23. The van der Waals surface area contributed by atoms with E-state index in [2.05, 4.69) is 38.9 Å². The summed E-state index contributed by atoms with van der Waals surface area (Å²) in [7, 11) is 0. The molecule has 2 aromatic heterocycles. The topological polar surface area (TPSA) is 55.9 Å². The van der Waals surface area contributed by atoms with Crippen molar-refractivity contribution in [1.29, 1.82) is 0 Å². The molecule has 2 aliphatic heterocycles. The van der Waals surface area contributed by atoms with E-state index < -0.39 is 6.10 Å². The summed E-state index contributed by atoms with van der Waals surface area (Å²) < 4.78 is 4.17. The molecule has 0 bridgehead atoms. The van der Waals surface area contributed by atoms with Gasteiger partial charge >= 0.3 is 0 Å². The highest BCUT2D eigenvalue weighted by atomic mass is 16.3. The fourth-order valence-corrected chi connectivity index (χ4v) is 4.32. The van der Waals surface area contributed by atoms with E-state index >= 15 is 0 Å². The number of aliphatic hydroxyl groups is 1. The molecule has 1 N–H and O–H groups in total. The normalized spacial score (nSPS) is 25.0. The molecular formula is C18H18N4O. The maximum atomic E-state index is 11.0. The Labute approximate surface area is 134 Å². The summed E-state index contributed by atoms with van der Waals surface area (Å²) in [4.78, 5) is 4.33. The minimum absolute atomic E-state index is 0.134. The van der Waals surface area contributed by atoms with Crippen LogP contribution in [0.5, 0.6) is 0 Å². The minimum Gasteiger partial charge on any atom is -0.386 e. The van der Waals surface area contributed by atoms with Crippen LogP contribution in [-0.2, 0) is 6.54 Å². The molecule has 0 amide bonds. The number of aromatic nitrogens is 4. The fraction of sp³-hybridized carbons (Fsp3) is 0.333. The molecule has 116 valence electrons. The number of rotatable bonds is 1. The van der Waals surface area contributed by atoms with Gasteiger partial charge in [-0.25, -0.2) is 4.98 Å². The zero-order chi connectivity index (χ0) is 15.6. The van der Waals surface area contributed by atoms with Gasteiger partial charge in [0.1, 0.15) is 6.10 Å². The van der Waals surface area contributed by atoms with Crippen LogP contribution in [0.2, 0.25) is 0 Å².